The van der Waals surface area contributed by atoms with Crippen LogP contribution in [-0.4, -0.2) is 37.1 Å². The molecule has 1 rings (SSSR count). The topological polar surface area (TPSA) is 114 Å². The SMILES string of the molecule is CC(=O)SCCC(O)C(O)c1cnc(C)c([N+](=O)[O-])c1. The molecule has 2 N–H and O–H groups in total. The number of aliphatic hydroxyl groups excluding tert-OH is 2. The summed E-state index contributed by atoms with van der Waals surface area (Å²) in [4.78, 5) is 24.8. The van der Waals surface area contributed by atoms with Gasteiger partial charge in [0.05, 0.1) is 11.0 Å². The van der Waals surface area contributed by atoms with Crippen molar-refractivity contribution in [2.75, 3.05) is 5.75 Å². The van der Waals surface area contributed by atoms with Crippen molar-refractivity contribution in [1.82, 2.24) is 4.98 Å². The molecule has 0 aliphatic heterocycles. The molecule has 2 unspecified atom stereocenters. The minimum absolute atomic E-state index is 0.0701. The Labute approximate surface area is 120 Å². The van der Waals surface area contributed by atoms with E-state index in [9.17, 15) is 25.1 Å². The molecule has 110 valence electrons. The Morgan fingerprint density at radius 1 is 1.55 bits per heavy atom. The number of aliphatic hydroxyl groups is 2. The first kappa shape index (κ1) is 16.5. The first-order valence-corrected chi connectivity index (χ1v) is 6.92. The highest BCUT2D eigenvalue weighted by Gasteiger charge is 2.22. The average Bonchev–Trinajstić information content (AvgIpc) is 2.37. The third-order valence-electron chi connectivity index (χ3n) is 2.70. The van der Waals surface area contributed by atoms with E-state index in [1.54, 1.807) is 0 Å². The number of hydrogen-bond donors (Lipinski definition) is 2. The lowest BCUT2D eigenvalue weighted by Gasteiger charge is -2.17. The summed E-state index contributed by atoms with van der Waals surface area (Å²) in [6.45, 7) is 2.91. The van der Waals surface area contributed by atoms with Crippen LogP contribution in [0.25, 0.3) is 0 Å². The van der Waals surface area contributed by atoms with Gasteiger partial charge in [0.25, 0.3) is 5.69 Å². The molecule has 0 amide bonds. The quantitative estimate of drug-likeness (QED) is 0.602. The Morgan fingerprint density at radius 3 is 2.75 bits per heavy atom. The number of pyridine rings is 1. The lowest BCUT2D eigenvalue weighted by atomic mass is 10.0. The lowest BCUT2D eigenvalue weighted by Crippen LogP contribution is -2.19. The molecule has 1 aromatic heterocycles. The second kappa shape index (κ2) is 7.32. The van der Waals surface area contributed by atoms with Gasteiger partial charge in [-0.05, 0) is 13.3 Å². The monoisotopic (exact) mass is 300 g/mol. The molecule has 1 aromatic rings. The number of hydrogen-bond acceptors (Lipinski definition) is 7. The summed E-state index contributed by atoms with van der Waals surface area (Å²) in [5.74, 6) is 0.370. The van der Waals surface area contributed by atoms with Crippen molar-refractivity contribution in [1.29, 1.82) is 0 Å². The number of nitrogens with zero attached hydrogens (tertiary/aromatic N) is 2. The van der Waals surface area contributed by atoms with Crippen LogP contribution in [-0.2, 0) is 4.79 Å². The van der Waals surface area contributed by atoms with E-state index in [4.69, 9.17) is 0 Å². The summed E-state index contributed by atoms with van der Waals surface area (Å²) in [6, 6.07) is 1.20. The molecule has 0 bridgehead atoms. The standard InChI is InChI=1S/C12H16N2O5S/c1-7-10(14(18)19)5-9(6-13-7)12(17)11(16)3-4-20-8(2)15/h5-6,11-12,16-17H,3-4H2,1-2H3. The van der Waals surface area contributed by atoms with Gasteiger partial charge in [0, 0.05) is 30.5 Å². The molecule has 8 heteroatoms. The van der Waals surface area contributed by atoms with E-state index in [2.05, 4.69) is 4.98 Å². The van der Waals surface area contributed by atoms with Crippen molar-refractivity contribution in [2.24, 2.45) is 0 Å². The maximum Gasteiger partial charge on any atom is 0.290 e. The highest BCUT2D eigenvalue weighted by Crippen LogP contribution is 2.25. The Bertz CT molecular complexity index is 509. The van der Waals surface area contributed by atoms with E-state index in [0.717, 1.165) is 11.8 Å². The van der Waals surface area contributed by atoms with Crippen LogP contribution in [0.3, 0.4) is 0 Å². The first-order chi connectivity index (χ1) is 9.32. The number of carbonyl (C=O) groups excluding carboxylic acids is 1. The summed E-state index contributed by atoms with van der Waals surface area (Å²) in [7, 11) is 0. The van der Waals surface area contributed by atoms with Gasteiger partial charge in [-0.2, -0.15) is 0 Å². The normalized spacial score (nSPS) is 13.8. The molecule has 0 aromatic carbocycles. The van der Waals surface area contributed by atoms with Crippen LogP contribution in [0.1, 0.15) is 30.7 Å². The number of nitro groups is 1. The predicted octanol–water partition coefficient (Wildman–Crippen LogP) is 1.36. The van der Waals surface area contributed by atoms with Gasteiger partial charge in [-0.15, -0.1) is 0 Å². The maximum absolute atomic E-state index is 10.8. The minimum Gasteiger partial charge on any atom is -0.390 e. The molecule has 0 fully saturated rings. The van der Waals surface area contributed by atoms with Gasteiger partial charge in [-0.25, -0.2) is 0 Å². The van der Waals surface area contributed by atoms with Crippen LogP contribution in [0.4, 0.5) is 5.69 Å². The Hall–Kier alpha value is -1.51. The number of aryl methyl sites for hydroxylation is 1. The van der Waals surface area contributed by atoms with Gasteiger partial charge in [-0.1, -0.05) is 11.8 Å². The summed E-state index contributed by atoms with van der Waals surface area (Å²) in [6.07, 6.45) is -0.873. The number of aromatic nitrogens is 1. The van der Waals surface area contributed by atoms with Crippen molar-refractivity contribution < 1.29 is 19.9 Å². The average molecular weight is 300 g/mol. The maximum atomic E-state index is 10.8. The summed E-state index contributed by atoms with van der Waals surface area (Å²) in [5, 5.41) is 30.5. The van der Waals surface area contributed by atoms with E-state index in [1.165, 1.54) is 26.1 Å². The third-order valence-corrected chi connectivity index (χ3v) is 3.55. The van der Waals surface area contributed by atoms with Gasteiger partial charge in [0.2, 0.25) is 0 Å². The van der Waals surface area contributed by atoms with E-state index in [0.29, 0.717) is 5.75 Å². The van der Waals surface area contributed by atoms with Gasteiger partial charge in [-0.3, -0.25) is 19.9 Å². The Kier molecular flexibility index (Phi) is 6.05. The van der Waals surface area contributed by atoms with Crippen LogP contribution >= 0.6 is 11.8 Å². The van der Waals surface area contributed by atoms with Crippen LogP contribution in [0, 0.1) is 17.0 Å². The molecule has 1 heterocycles. The molecule has 0 saturated heterocycles. The fourth-order valence-corrected chi connectivity index (χ4v) is 2.23. The van der Waals surface area contributed by atoms with E-state index < -0.39 is 17.1 Å². The van der Waals surface area contributed by atoms with Crippen LogP contribution in [0.15, 0.2) is 12.3 Å². The predicted molar refractivity (Wildman–Crippen MR) is 74.4 cm³/mol. The summed E-state index contributed by atoms with van der Waals surface area (Å²) >= 11 is 1.05. The zero-order valence-corrected chi connectivity index (χ0v) is 12.0. The highest BCUT2D eigenvalue weighted by molar-refractivity contribution is 8.13. The van der Waals surface area contributed by atoms with Crippen molar-refractivity contribution in [3.05, 3.63) is 33.6 Å². The van der Waals surface area contributed by atoms with E-state index in [-0.39, 0.29) is 28.5 Å². The summed E-state index contributed by atoms with van der Waals surface area (Å²) < 4.78 is 0. The molecule has 0 radical (unpaired) electrons. The summed E-state index contributed by atoms with van der Waals surface area (Å²) in [5.41, 5.74) is 0.224. The van der Waals surface area contributed by atoms with Crippen LogP contribution in [0.5, 0.6) is 0 Å². The zero-order chi connectivity index (χ0) is 15.3. The highest BCUT2D eigenvalue weighted by atomic mass is 32.2. The minimum atomic E-state index is -1.27. The molecule has 0 saturated carbocycles. The molecular weight excluding hydrogens is 284 g/mol. The smallest absolute Gasteiger partial charge is 0.290 e. The van der Waals surface area contributed by atoms with Crippen molar-refractivity contribution in [2.45, 2.75) is 32.5 Å². The second-order valence-corrected chi connectivity index (χ2v) is 5.54. The van der Waals surface area contributed by atoms with Gasteiger partial charge in [0.15, 0.2) is 5.12 Å². The van der Waals surface area contributed by atoms with Crippen molar-refractivity contribution in [3.63, 3.8) is 0 Å². The van der Waals surface area contributed by atoms with Gasteiger partial charge >= 0.3 is 0 Å². The van der Waals surface area contributed by atoms with Gasteiger partial charge in [0.1, 0.15) is 11.8 Å². The Morgan fingerprint density at radius 2 is 2.20 bits per heavy atom. The molecular formula is C12H16N2O5S. The van der Waals surface area contributed by atoms with Crippen LogP contribution in [0.2, 0.25) is 0 Å². The Balaban J connectivity index is 2.76. The number of thioether (sulfide) groups is 1. The molecule has 0 aliphatic rings. The molecule has 0 aliphatic carbocycles. The number of carbonyl (C=O) groups is 1. The molecule has 7 nitrogen and oxygen atoms in total. The van der Waals surface area contributed by atoms with E-state index in [1.807, 2.05) is 0 Å². The van der Waals surface area contributed by atoms with Crippen molar-refractivity contribution >= 4 is 22.6 Å². The zero-order valence-electron chi connectivity index (χ0n) is 11.1. The van der Waals surface area contributed by atoms with Gasteiger partial charge < -0.3 is 10.2 Å². The fourth-order valence-electron chi connectivity index (χ4n) is 1.59. The fraction of sp³-hybridized carbons (Fsp3) is 0.500. The third kappa shape index (κ3) is 4.55. The lowest BCUT2D eigenvalue weighted by molar-refractivity contribution is -0.385. The van der Waals surface area contributed by atoms with Crippen molar-refractivity contribution in [3.8, 4) is 0 Å². The molecule has 20 heavy (non-hydrogen) atoms. The largest absolute Gasteiger partial charge is 0.390 e. The number of rotatable bonds is 6. The van der Waals surface area contributed by atoms with E-state index >= 15 is 0 Å². The molecule has 0 spiro atoms. The van der Waals surface area contributed by atoms with Crippen LogP contribution < -0.4 is 0 Å². The molecule has 2 atom stereocenters. The first-order valence-electron chi connectivity index (χ1n) is 5.93. The second-order valence-electron chi connectivity index (χ2n) is 4.27.